The maximum absolute atomic E-state index is 12.2. The number of piperidine rings is 1. The lowest BCUT2D eigenvalue weighted by atomic mass is 10.0. The topological polar surface area (TPSA) is 58.2 Å². The zero-order valence-corrected chi connectivity index (χ0v) is 13.4. The molecule has 1 aromatic carbocycles. The van der Waals surface area contributed by atoms with Gasteiger partial charge in [0.1, 0.15) is 6.04 Å². The number of benzene rings is 1. The van der Waals surface area contributed by atoms with E-state index >= 15 is 0 Å². The molecule has 0 unspecified atom stereocenters. The zero-order valence-electron chi connectivity index (χ0n) is 13.4. The third kappa shape index (κ3) is 4.86. The summed E-state index contributed by atoms with van der Waals surface area (Å²) in [6.07, 6.45) is 7.67. The third-order valence-electron chi connectivity index (χ3n) is 4.13. The molecule has 0 spiro atoms. The molecule has 2 amide bonds. The monoisotopic (exact) mass is 302 g/mol. The normalized spacial score (nSPS) is 17.9. The van der Waals surface area contributed by atoms with Crippen molar-refractivity contribution in [1.82, 2.24) is 10.6 Å². The van der Waals surface area contributed by atoms with Gasteiger partial charge in [0.2, 0.25) is 5.91 Å². The Kier molecular flexibility index (Phi) is 6.44. The second kappa shape index (κ2) is 8.57. The van der Waals surface area contributed by atoms with Crippen molar-refractivity contribution in [3.8, 4) is 0 Å². The molecule has 0 radical (unpaired) electrons. The largest absolute Gasteiger partial charge is 0.354 e. The molecule has 1 aliphatic rings. The number of carbonyl (C=O) groups excluding carboxylic acids is 2. The number of hydrogen-bond donors (Lipinski definition) is 2. The van der Waals surface area contributed by atoms with Crippen LogP contribution in [-0.2, 0) is 11.2 Å². The molecule has 0 saturated carbocycles. The average molecular weight is 302 g/mol. The summed E-state index contributed by atoms with van der Waals surface area (Å²) in [5.74, 6) is -0.244. The van der Waals surface area contributed by atoms with E-state index in [2.05, 4.69) is 17.6 Å². The lowest BCUT2D eigenvalue weighted by Gasteiger charge is -2.22. The molecule has 1 fully saturated rings. The lowest BCUT2D eigenvalue weighted by Crippen LogP contribution is -2.50. The quantitative estimate of drug-likeness (QED) is 0.761. The number of nitrogens with one attached hydrogen (secondary N) is 2. The molecule has 2 N–H and O–H groups in total. The fourth-order valence-corrected chi connectivity index (χ4v) is 2.73. The predicted octanol–water partition coefficient (Wildman–Crippen LogP) is 2.82. The van der Waals surface area contributed by atoms with Gasteiger partial charge in [-0.15, -0.1) is 0 Å². The standard InChI is InChI=1S/C18H26N2O2/c1-2-3-4-5-7-14-9-11-15(12-10-14)17(21)20-16-8-6-13-19-18(16)22/h9-12,16H,2-8,13H2,1H3,(H,19,22)(H,20,21)/t16-/m0/s1. The van der Waals surface area contributed by atoms with Crippen molar-refractivity contribution in [2.24, 2.45) is 0 Å². The molecule has 4 nitrogen and oxygen atoms in total. The summed E-state index contributed by atoms with van der Waals surface area (Å²) in [6.45, 7) is 2.91. The Morgan fingerprint density at radius 2 is 2.00 bits per heavy atom. The van der Waals surface area contributed by atoms with Crippen molar-refractivity contribution in [3.63, 3.8) is 0 Å². The van der Waals surface area contributed by atoms with Crippen LogP contribution in [0.4, 0.5) is 0 Å². The highest BCUT2D eigenvalue weighted by molar-refractivity contribution is 5.97. The van der Waals surface area contributed by atoms with Gasteiger partial charge in [0.25, 0.3) is 5.91 Å². The molecule has 1 aliphatic heterocycles. The summed E-state index contributed by atoms with van der Waals surface area (Å²) in [5, 5.41) is 5.59. The molecule has 1 atom stereocenters. The van der Waals surface area contributed by atoms with Gasteiger partial charge in [0.05, 0.1) is 0 Å². The highest BCUT2D eigenvalue weighted by atomic mass is 16.2. The van der Waals surface area contributed by atoms with Gasteiger partial charge in [-0.2, -0.15) is 0 Å². The van der Waals surface area contributed by atoms with Crippen LogP contribution in [-0.4, -0.2) is 24.4 Å². The minimum atomic E-state index is -0.394. The number of unbranched alkanes of at least 4 members (excludes halogenated alkanes) is 3. The second-order valence-corrected chi connectivity index (χ2v) is 5.97. The molecule has 120 valence electrons. The molecular formula is C18H26N2O2. The van der Waals surface area contributed by atoms with Crippen molar-refractivity contribution < 1.29 is 9.59 Å². The van der Waals surface area contributed by atoms with Crippen LogP contribution < -0.4 is 10.6 Å². The van der Waals surface area contributed by atoms with E-state index in [1.165, 1.54) is 31.2 Å². The molecule has 1 saturated heterocycles. The Bertz CT molecular complexity index is 496. The van der Waals surface area contributed by atoms with Gasteiger partial charge in [-0.3, -0.25) is 9.59 Å². The van der Waals surface area contributed by atoms with E-state index in [1.54, 1.807) is 0 Å². The van der Waals surface area contributed by atoms with Crippen LogP contribution in [0.15, 0.2) is 24.3 Å². The number of amides is 2. The summed E-state index contributed by atoms with van der Waals surface area (Å²) in [7, 11) is 0. The molecule has 0 bridgehead atoms. The van der Waals surface area contributed by atoms with Crippen molar-refractivity contribution in [3.05, 3.63) is 35.4 Å². The first-order valence-electron chi connectivity index (χ1n) is 8.38. The van der Waals surface area contributed by atoms with Crippen LogP contribution in [0, 0.1) is 0 Å². The van der Waals surface area contributed by atoms with Crippen LogP contribution >= 0.6 is 0 Å². The molecule has 0 aromatic heterocycles. The molecule has 1 aromatic rings. The fraction of sp³-hybridized carbons (Fsp3) is 0.556. The number of carbonyl (C=O) groups is 2. The lowest BCUT2D eigenvalue weighted by molar-refractivity contribution is -0.124. The molecule has 2 rings (SSSR count). The maximum Gasteiger partial charge on any atom is 0.251 e. The highest BCUT2D eigenvalue weighted by Crippen LogP contribution is 2.11. The third-order valence-corrected chi connectivity index (χ3v) is 4.13. The molecule has 1 heterocycles. The summed E-state index contributed by atoms with van der Waals surface area (Å²) in [5.41, 5.74) is 1.89. The Balaban J connectivity index is 1.84. The Labute approximate surface area is 132 Å². The molecule has 22 heavy (non-hydrogen) atoms. The van der Waals surface area contributed by atoms with Crippen LogP contribution in [0.25, 0.3) is 0 Å². The summed E-state index contributed by atoms with van der Waals surface area (Å²) < 4.78 is 0. The van der Waals surface area contributed by atoms with Gasteiger partial charge >= 0.3 is 0 Å². The second-order valence-electron chi connectivity index (χ2n) is 5.97. The van der Waals surface area contributed by atoms with Crippen LogP contribution in [0.1, 0.15) is 61.4 Å². The average Bonchev–Trinajstić information content (AvgIpc) is 2.54. The van der Waals surface area contributed by atoms with E-state index in [1.807, 2.05) is 24.3 Å². The van der Waals surface area contributed by atoms with E-state index in [-0.39, 0.29) is 11.8 Å². The zero-order chi connectivity index (χ0) is 15.8. The minimum absolute atomic E-state index is 0.0767. The first kappa shape index (κ1) is 16.5. The molecule has 4 heteroatoms. The van der Waals surface area contributed by atoms with Gasteiger partial charge in [-0.1, -0.05) is 38.3 Å². The maximum atomic E-state index is 12.2. The van der Waals surface area contributed by atoms with Crippen molar-refractivity contribution in [2.75, 3.05) is 6.54 Å². The van der Waals surface area contributed by atoms with Gasteiger partial charge in [-0.05, 0) is 43.4 Å². The summed E-state index contributed by atoms with van der Waals surface area (Å²) >= 11 is 0. The number of hydrogen-bond acceptors (Lipinski definition) is 2. The van der Waals surface area contributed by atoms with Crippen LogP contribution in [0.2, 0.25) is 0 Å². The highest BCUT2D eigenvalue weighted by Gasteiger charge is 2.23. The first-order valence-corrected chi connectivity index (χ1v) is 8.38. The van der Waals surface area contributed by atoms with E-state index in [0.717, 1.165) is 12.8 Å². The first-order chi connectivity index (χ1) is 10.7. The number of rotatable bonds is 7. The molecule has 0 aliphatic carbocycles. The molecular weight excluding hydrogens is 276 g/mol. The number of aryl methyl sites for hydroxylation is 1. The summed E-state index contributed by atoms with van der Waals surface area (Å²) in [6, 6.07) is 7.34. The fourth-order valence-electron chi connectivity index (χ4n) is 2.73. The van der Waals surface area contributed by atoms with Gasteiger partial charge in [-0.25, -0.2) is 0 Å². The Morgan fingerprint density at radius 3 is 2.68 bits per heavy atom. The smallest absolute Gasteiger partial charge is 0.251 e. The van der Waals surface area contributed by atoms with Crippen molar-refractivity contribution >= 4 is 11.8 Å². The summed E-state index contributed by atoms with van der Waals surface area (Å²) in [4.78, 5) is 23.8. The minimum Gasteiger partial charge on any atom is -0.354 e. The van der Waals surface area contributed by atoms with Gasteiger partial charge in [0.15, 0.2) is 0 Å². The van der Waals surface area contributed by atoms with E-state index in [9.17, 15) is 9.59 Å². The Hall–Kier alpha value is -1.84. The van der Waals surface area contributed by atoms with E-state index in [0.29, 0.717) is 18.5 Å². The van der Waals surface area contributed by atoms with Gasteiger partial charge < -0.3 is 10.6 Å². The van der Waals surface area contributed by atoms with Crippen LogP contribution in [0.5, 0.6) is 0 Å². The SMILES string of the molecule is CCCCCCc1ccc(C(=O)N[C@H]2CCCNC2=O)cc1. The van der Waals surface area contributed by atoms with Crippen LogP contribution in [0.3, 0.4) is 0 Å². The van der Waals surface area contributed by atoms with E-state index < -0.39 is 6.04 Å². The van der Waals surface area contributed by atoms with Gasteiger partial charge in [0, 0.05) is 12.1 Å². The van der Waals surface area contributed by atoms with E-state index in [4.69, 9.17) is 0 Å². The predicted molar refractivity (Wildman–Crippen MR) is 87.8 cm³/mol. The van der Waals surface area contributed by atoms with Crippen molar-refractivity contribution in [1.29, 1.82) is 0 Å². The van der Waals surface area contributed by atoms with Crippen molar-refractivity contribution in [2.45, 2.75) is 57.9 Å². The Morgan fingerprint density at radius 1 is 1.23 bits per heavy atom.